The van der Waals surface area contributed by atoms with Crippen molar-refractivity contribution in [3.63, 3.8) is 0 Å². The van der Waals surface area contributed by atoms with Gasteiger partial charge >= 0.3 is 0 Å². The minimum atomic E-state index is -1.79. The van der Waals surface area contributed by atoms with E-state index in [1.165, 1.54) is 25.1 Å². The molecule has 2 atom stereocenters. The molecule has 2 aromatic carbocycles. The van der Waals surface area contributed by atoms with E-state index in [1.807, 2.05) is 0 Å². The number of ketones is 1. The van der Waals surface area contributed by atoms with Crippen molar-refractivity contribution in [2.75, 3.05) is 0 Å². The molecule has 21 heavy (non-hydrogen) atoms. The van der Waals surface area contributed by atoms with Crippen LogP contribution in [0.3, 0.4) is 0 Å². The highest BCUT2D eigenvalue weighted by Crippen LogP contribution is 2.18. The molecule has 6 heteroatoms. The number of Topliss-reactive ketones (excluding diaryl/α,β-unsaturated/α-hetero) is 1. The third-order valence-electron chi connectivity index (χ3n) is 2.92. The van der Waals surface area contributed by atoms with E-state index in [-0.39, 0.29) is 10.5 Å². The monoisotopic (exact) mass is 312 g/mol. The summed E-state index contributed by atoms with van der Waals surface area (Å²) in [6.07, 6.45) is 0. The number of hydrogen-bond acceptors (Lipinski definition) is 2. The summed E-state index contributed by atoms with van der Waals surface area (Å²) in [5.41, 5.74) is -0.0776. The average molecular weight is 312 g/mol. The smallest absolute Gasteiger partial charge is 0.178 e. The van der Waals surface area contributed by atoms with Crippen LogP contribution in [0.15, 0.2) is 47.4 Å². The van der Waals surface area contributed by atoms with Gasteiger partial charge in [0.05, 0.1) is 16.0 Å². The van der Waals surface area contributed by atoms with Crippen molar-refractivity contribution < 1.29 is 22.2 Å². The average Bonchev–Trinajstić information content (AvgIpc) is 2.47. The number of hydrogen-bond donors (Lipinski definition) is 0. The Bertz CT molecular complexity index is 716. The second kappa shape index (κ2) is 6.22. The molecule has 0 radical (unpaired) electrons. The lowest BCUT2D eigenvalue weighted by atomic mass is 10.1. The Morgan fingerprint density at radius 1 is 1.05 bits per heavy atom. The summed E-state index contributed by atoms with van der Waals surface area (Å²) >= 11 is 0. The fraction of sp³-hybridized carbons (Fsp3) is 0.133. The number of halogens is 3. The minimum absolute atomic E-state index is 0.0776. The zero-order valence-corrected chi connectivity index (χ0v) is 11.8. The van der Waals surface area contributed by atoms with Gasteiger partial charge in [0.1, 0.15) is 5.82 Å². The maximum Gasteiger partial charge on any atom is 0.178 e. The molecule has 0 aromatic heterocycles. The van der Waals surface area contributed by atoms with Gasteiger partial charge in [0, 0.05) is 10.5 Å². The summed E-state index contributed by atoms with van der Waals surface area (Å²) in [5, 5.41) is -1.00. The van der Waals surface area contributed by atoms with E-state index in [9.17, 15) is 22.2 Å². The van der Waals surface area contributed by atoms with Crippen LogP contribution < -0.4 is 0 Å². The third-order valence-corrected chi connectivity index (χ3v) is 4.50. The zero-order chi connectivity index (χ0) is 15.6. The Morgan fingerprint density at radius 2 is 1.76 bits per heavy atom. The Morgan fingerprint density at radius 3 is 2.38 bits per heavy atom. The van der Waals surface area contributed by atoms with Crippen molar-refractivity contribution >= 4 is 16.6 Å². The van der Waals surface area contributed by atoms with Gasteiger partial charge in [0.15, 0.2) is 17.4 Å². The first-order valence-corrected chi connectivity index (χ1v) is 7.27. The molecule has 0 spiro atoms. The van der Waals surface area contributed by atoms with E-state index in [2.05, 4.69) is 0 Å². The van der Waals surface area contributed by atoms with Gasteiger partial charge in [-0.15, -0.1) is 0 Å². The second-order valence-electron chi connectivity index (χ2n) is 4.39. The molecule has 110 valence electrons. The highest BCUT2D eigenvalue weighted by Gasteiger charge is 2.23. The highest BCUT2D eigenvalue weighted by atomic mass is 32.2. The molecule has 0 N–H and O–H groups in total. The number of carbonyl (C=O) groups excluding carboxylic acids is 1. The standard InChI is InChI=1S/C15H11F3O2S/c1-9(21(20)12-4-2-3-11(16)8-12)15(19)10-5-6-13(17)14(18)7-10/h2-9H,1H3. The van der Waals surface area contributed by atoms with E-state index in [4.69, 9.17) is 0 Å². The minimum Gasteiger partial charge on any atom is -0.293 e. The highest BCUT2D eigenvalue weighted by molar-refractivity contribution is 7.86. The summed E-state index contributed by atoms with van der Waals surface area (Å²) in [6, 6.07) is 7.82. The van der Waals surface area contributed by atoms with Crippen molar-refractivity contribution in [1.82, 2.24) is 0 Å². The summed E-state index contributed by atoms with van der Waals surface area (Å²) in [6.45, 7) is 1.39. The Kier molecular flexibility index (Phi) is 4.57. The number of rotatable bonds is 4. The summed E-state index contributed by atoms with van der Waals surface area (Å²) in [5.74, 6) is -3.38. The molecule has 2 aromatic rings. The largest absolute Gasteiger partial charge is 0.293 e. The Hall–Kier alpha value is -1.95. The molecule has 0 fully saturated rings. The van der Waals surface area contributed by atoms with Gasteiger partial charge in [0.2, 0.25) is 0 Å². The molecule has 0 aliphatic heterocycles. The van der Waals surface area contributed by atoms with Gasteiger partial charge in [-0.05, 0) is 43.3 Å². The predicted molar refractivity (Wildman–Crippen MR) is 73.0 cm³/mol. The maximum absolute atomic E-state index is 13.1. The molecule has 0 heterocycles. The molecular weight excluding hydrogens is 301 g/mol. The van der Waals surface area contributed by atoms with Crippen molar-refractivity contribution in [1.29, 1.82) is 0 Å². The molecule has 2 nitrogen and oxygen atoms in total. The van der Waals surface area contributed by atoms with Gasteiger partial charge < -0.3 is 0 Å². The normalized spacial score (nSPS) is 13.7. The van der Waals surface area contributed by atoms with Gasteiger partial charge in [-0.2, -0.15) is 0 Å². The van der Waals surface area contributed by atoms with Gasteiger partial charge in [0.25, 0.3) is 0 Å². The summed E-state index contributed by atoms with van der Waals surface area (Å²) < 4.78 is 51.3. The van der Waals surface area contributed by atoms with Crippen LogP contribution in [0.1, 0.15) is 17.3 Å². The van der Waals surface area contributed by atoms with Crippen molar-refractivity contribution in [2.24, 2.45) is 0 Å². The SMILES string of the molecule is CC(C(=O)c1ccc(F)c(F)c1)S(=O)c1cccc(F)c1. The Labute approximate surface area is 122 Å². The van der Waals surface area contributed by atoms with Crippen LogP contribution in [-0.2, 0) is 10.8 Å². The predicted octanol–water partition coefficient (Wildman–Crippen LogP) is 3.48. The van der Waals surface area contributed by atoms with Crippen LogP contribution in [0.25, 0.3) is 0 Å². The molecule has 2 unspecified atom stereocenters. The number of benzene rings is 2. The second-order valence-corrected chi connectivity index (χ2v) is 6.16. The van der Waals surface area contributed by atoms with Crippen LogP contribution in [0, 0.1) is 17.5 Å². The van der Waals surface area contributed by atoms with E-state index < -0.39 is 39.3 Å². The summed E-state index contributed by atoms with van der Waals surface area (Å²) in [7, 11) is -1.79. The maximum atomic E-state index is 13.1. The summed E-state index contributed by atoms with van der Waals surface area (Å²) in [4.78, 5) is 12.3. The fourth-order valence-electron chi connectivity index (χ4n) is 1.78. The quantitative estimate of drug-likeness (QED) is 0.810. The Balaban J connectivity index is 2.26. The first kappa shape index (κ1) is 15.4. The van der Waals surface area contributed by atoms with E-state index in [0.717, 1.165) is 24.3 Å². The third kappa shape index (κ3) is 3.39. The van der Waals surface area contributed by atoms with Crippen LogP contribution >= 0.6 is 0 Å². The molecule has 0 amide bonds. The van der Waals surface area contributed by atoms with Crippen LogP contribution in [-0.4, -0.2) is 15.2 Å². The molecule has 0 bridgehead atoms. The molecule has 0 aliphatic carbocycles. The number of carbonyl (C=O) groups is 1. The van der Waals surface area contributed by atoms with Gasteiger partial charge in [-0.1, -0.05) is 6.07 Å². The van der Waals surface area contributed by atoms with Crippen LogP contribution in [0.4, 0.5) is 13.2 Å². The molecule has 0 saturated heterocycles. The van der Waals surface area contributed by atoms with E-state index in [0.29, 0.717) is 0 Å². The van der Waals surface area contributed by atoms with Crippen LogP contribution in [0.5, 0.6) is 0 Å². The lowest BCUT2D eigenvalue weighted by molar-refractivity contribution is 0.0992. The molecule has 0 saturated carbocycles. The zero-order valence-electron chi connectivity index (χ0n) is 11.0. The first-order valence-electron chi connectivity index (χ1n) is 6.05. The molecular formula is C15H11F3O2S. The van der Waals surface area contributed by atoms with Crippen molar-refractivity contribution in [3.05, 3.63) is 65.5 Å². The van der Waals surface area contributed by atoms with Crippen LogP contribution in [0.2, 0.25) is 0 Å². The van der Waals surface area contributed by atoms with Crippen molar-refractivity contribution in [2.45, 2.75) is 17.1 Å². The van der Waals surface area contributed by atoms with E-state index >= 15 is 0 Å². The van der Waals surface area contributed by atoms with Gasteiger partial charge in [-0.25, -0.2) is 13.2 Å². The lowest BCUT2D eigenvalue weighted by Crippen LogP contribution is -2.23. The first-order chi connectivity index (χ1) is 9.90. The van der Waals surface area contributed by atoms with E-state index in [1.54, 1.807) is 0 Å². The van der Waals surface area contributed by atoms with Crippen molar-refractivity contribution in [3.8, 4) is 0 Å². The molecule has 2 rings (SSSR count). The lowest BCUT2D eigenvalue weighted by Gasteiger charge is -2.11. The fourth-order valence-corrected chi connectivity index (χ4v) is 2.96. The molecule has 0 aliphatic rings. The van der Waals surface area contributed by atoms with Gasteiger partial charge in [-0.3, -0.25) is 9.00 Å². The topological polar surface area (TPSA) is 34.1 Å².